The SMILES string of the molecule is O=NOC(=O)Cc1ccc(-n2cnc3cnc4ccc(-c5ccc6c(c5)OCO6)cc4c32)cc1. The number of fused-ring (bicyclic) bond motifs is 4. The van der Waals surface area contributed by atoms with E-state index in [2.05, 4.69) is 26.2 Å². The summed E-state index contributed by atoms with van der Waals surface area (Å²) < 4.78 is 12.9. The zero-order chi connectivity index (χ0) is 23.1. The van der Waals surface area contributed by atoms with Crippen molar-refractivity contribution in [3.05, 3.63) is 83.7 Å². The molecule has 9 heteroatoms. The largest absolute Gasteiger partial charge is 0.454 e. The smallest absolute Gasteiger partial charge is 0.342 e. The van der Waals surface area contributed by atoms with Gasteiger partial charge in [-0.05, 0) is 53.1 Å². The Balaban J connectivity index is 1.43. The lowest BCUT2D eigenvalue weighted by molar-refractivity contribution is -0.143. The van der Waals surface area contributed by atoms with Crippen LogP contribution in [0, 0.1) is 4.91 Å². The number of carbonyl (C=O) groups excluding carboxylic acids is 1. The minimum atomic E-state index is -0.705. The molecule has 0 N–H and O–H groups in total. The van der Waals surface area contributed by atoms with Crippen molar-refractivity contribution < 1.29 is 19.1 Å². The van der Waals surface area contributed by atoms with Gasteiger partial charge in [0.15, 0.2) is 16.8 Å². The lowest BCUT2D eigenvalue weighted by atomic mass is 10.0. The second-order valence-corrected chi connectivity index (χ2v) is 7.79. The van der Waals surface area contributed by atoms with Gasteiger partial charge in [-0.15, -0.1) is 4.91 Å². The van der Waals surface area contributed by atoms with E-state index in [0.29, 0.717) is 5.56 Å². The van der Waals surface area contributed by atoms with Gasteiger partial charge in [0.1, 0.15) is 11.8 Å². The van der Waals surface area contributed by atoms with E-state index >= 15 is 0 Å². The first kappa shape index (κ1) is 19.9. The Morgan fingerprint density at radius 2 is 1.74 bits per heavy atom. The van der Waals surface area contributed by atoms with Gasteiger partial charge >= 0.3 is 5.97 Å². The van der Waals surface area contributed by atoms with Crippen molar-refractivity contribution in [2.24, 2.45) is 5.34 Å². The highest BCUT2D eigenvalue weighted by Gasteiger charge is 2.16. The first-order valence-corrected chi connectivity index (χ1v) is 10.5. The number of imidazole rings is 1. The average Bonchev–Trinajstić information content (AvgIpc) is 3.51. The number of rotatable bonds is 5. The Kier molecular flexibility index (Phi) is 4.65. The second kappa shape index (κ2) is 7.96. The molecule has 166 valence electrons. The molecule has 0 unspecified atom stereocenters. The molecule has 34 heavy (non-hydrogen) atoms. The third-order valence-corrected chi connectivity index (χ3v) is 5.78. The summed E-state index contributed by atoms with van der Waals surface area (Å²) in [5.74, 6) is 0.765. The van der Waals surface area contributed by atoms with Gasteiger partial charge in [-0.1, -0.05) is 24.3 Å². The van der Waals surface area contributed by atoms with Crippen molar-refractivity contribution in [2.45, 2.75) is 6.42 Å². The predicted octanol–water partition coefficient (Wildman–Crippen LogP) is 4.74. The summed E-state index contributed by atoms with van der Waals surface area (Å²) in [7, 11) is 0. The number of nitrogens with zero attached hydrogens (tertiary/aromatic N) is 4. The number of aromatic nitrogens is 3. The second-order valence-electron chi connectivity index (χ2n) is 7.79. The molecule has 0 atom stereocenters. The van der Waals surface area contributed by atoms with Gasteiger partial charge in [0.05, 0.1) is 23.7 Å². The Labute approximate surface area is 192 Å². The molecule has 3 aromatic carbocycles. The molecular formula is C25H16N4O5. The van der Waals surface area contributed by atoms with E-state index in [1.54, 1.807) is 24.7 Å². The van der Waals surface area contributed by atoms with E-state index in [9.17, 15) is 9.70 Å². The fraction of sp³-hybridized carbons (Fsp3) is 0.0800. The summed E-state index contributed by atoms with van der Waals surface area (Å²) in [5, 5.41) is 3.12. The van der Waals surface area contributed by atoms with Crippen LogP contribution in [0.1, 0.15) is 5.56 Å². The van der Waals surface area contributed by atoms with Crippen molar-refractivity contribution in [3.8, 4) is 28.3 Å². The van der Waals surface area contributed by atoms with E-state index in [-0.39, 0.29) is 13.2 Å². The highest BCUT2D eigenvalue weighted by atomic mass is 16.7. The number of ether oxygens (including phenoxy) is 2. The molecule has 5 aromatic rings. The quantitative estimate of drug-likeness (QED) is 0.280. The molecule has 1 aliphatic rings. The first-order valence-electron chi connectivity index (χ1n) is 10.5. The van der Waals surface area contributed by atoms with E-state index in [1.807, 2.05) is 47.0 Å². The summed E-state index contributed by atoms with van der Waals surface area (Å²) in [6.45, 7) is 0.230. The standard InChI is InChI=1S/C25H16N4O5/c30-24(34-28-31)9-15-1-5-18(6-2-15)29-13-27-21-12-26-20-7-3-16(10-19(20)25(21)29)17-4-8-22-23(11-17)33-14-32-22/h1-8,10-13H,9,14H2. The monoisotopic (exact) mass is 452 g/mol. The molecule has 0 spiro atoms. The minimum Gasteiger partial charge on any atom is -0.454 e. The van der Waals surface area contributed by atoms with Crippen molar-refractivity contribution in [1.29, 1.82) is 0 Å². The van der Waals surface area contributed by atoms with Crippen molar-refractivity contribution >= 4 is 27.9 Å². The van der Waals surface area contributed by atoms with Gasteiger partial charge in [-0.25, -0.2) is 9.78 Å². The van der Waals surface area contributed by atoms with Crippen LogP contribution in [0.2, 0.25) is 0 Å². The number of benzene rings is 3. The summed E-state index contributed by atoms with van der Waals surface area (Å²) in [5.41, 5.74) is 6.14. The molecule has 2 aromatic heterocycles. The summed E-state index contributed by atoms with van der Waals surface area (Å²) in [6, 6.07) is 19.4. The Bertz CT molecular complexity index is 1580. The molecule has 0 fully saturated rings. The molecule has 6 rings (SSSR count). The molecular weight excluding hydrogens is 436 g/mol. The molecule has 0 bridgehead atoms. The van der Waals surface area contributed by atoms with Crippen molar-refractivity contribution in [2.75, 3.05) is 6.79 Å². The van der Waals surface area contributed by atoms with Crippen molar-refractivity contribution in [1.82, 2.24) is 14.5 Å². The van der Waals surface area contributed by atoms with Crippen LogP contribution >= 0.6 is 0 Å². The first-order chi connectivity index (χ1) is 16.7. The zero-order valence-electron chi connectivity index (χ0n) is 17.7. The van der Waals surface area contributed by atoms with Crippen LogP contribution in [-0.4, -0.2) is 27.3 Å². The fourth-order valence-electron chi connectivity index (χ4n) is 4.16. The summed E-state index contributed by atoms with van der Waals surface area (Å²) in [4.78, 5) is 34.8. The van der Waals surface area contributed by atoms with Crippen LogP contribution in [0.25, 0.3) is 38.8 Å². The third kappa shape index (κ3) is 3.39. The molecule has 0 amide bonds. The summed E-state index contributed by atoms with van der Waals surface area (Å²) in [6.07, 6.45) is 3.46. The maximum atomic E-state index is 11.5. The molecule has 1 aliphatic heterocycles. The van der Waals surface area contributed by atoms with Gasteiger partial charge in [0.2, 0.25) is 6.79 Å². The molecule has 0 radical (unpaired) electrons. The van der Waals surface area contributed by atoms with Gasteiger partial charge in [0.25, 0.3) is 0 Å². The lowest BCUT2D eigenvalue weighted by Gasteiger charge is -2.09. The maximum absolute atomic E-state index is 11.5. The van der Waals surface area contributed by atoms with Crippen LogP contribution in [0.5, 0.6) is 11.5 Å². The number of hydrogen-bond donors (Lipinski definition) is 0. The lowest BCUT2D eigenvalue weighted by Crippen LogP contribution is -2.03. The van der Waals surface area contributed by atoms with E-state index in [0.717, 1.165) is 50.2 Å². The van der Waals surface area contributed by atoms with E-state index in [4.69, 9.17) is 9.47 Å². The van der Waals surface area contributed by atoms with Gasteiger partial charge in [0, 0.05) is 11.1 Å². The topological polar surface area (TPSA) is 105 Å². The maximum Gasteiger partial charge on any atom is 0.342 e. The van der Waals surface area contributed by atoms with Crippen LogP contribution in [0.4, 0.5) is 0 Å². The Hall–Kier alpha value is -4.79. The van der Waals surface area contributed by atoms with Crippen LogP contribution in [0.15, 0.2) is 78.5 Å². The third-order valence-electron chi connectivity index (χ3n) is 5.78. The average molecular weight is 452 g/mol. The van der Waals surface area contributed by atoms with Crippen LogP contribution < -0.4 is 9.47 Å². The predicted molar refractivity (Wildman–Crippen MR) is 124 cm³/mol. The highest BCUT2D eigenvalue weighted by Crippen LogP contribution is 2.37. The Morgan fingerprint density at radius 3 is 2.59 bits per heavy atom. The fourth-order valence-corrected chi connectivity index (χ4v) is 4.16. The van der Waals surface area contributed by atoms with Crippen LogP contribution in [0.3, 0.4) is 0 Å². The van der Waals surface area contributed by atoms with E-state index < -0.39 is 5.97 Å². The van der Waals surface area contributed by atoms with Crippen LogP contribution in [-0.2, 0) is 16.1 Å². The normalized spacial score (nSPS) is 12.2. The number of carbonyl (C=O) groups is 1. The number of pyridine rings is 1. The van der Waals surface area contributed by atoms with Gasteiger partial charge in [-0.2, -0.15) is 0 Å². The summed E-state index contributed by atoms with van der Waals surface area (Å²) >= 11 is 0. The molecule has 0 saturated carbocycles. The molecule has 0 saturated heterocycles. The number of hydrogen-bond acceptors (Lipinski definition) is 8. The Morgan fingerprint density at radius 1 is 0.941 bits per heavy atom. The van der Waals surface area contributed by atoms with Gasteiger partial charge < -0.3 is 9.47 Å². The zero-order valence-corrected chi connectivity index (χ0v) is 17.7. The van der Waals surface area contributed by atoms with Gasteiger partial charge in [-0.3, -0.25) is 14.4 Å². The molecule has 9 nitrogen and oxygen atoms in total. The molecule has 3 heterocycles. The highest BCUT2D eigenvalue weighted by molar-refractivity contribution is 6.04. The minimum absolute atomic E-state index is 0.0392. The van der Waals surface area contributed by atoms with Crippen molar-refractivity contribution in [3.63, 3.8) is 0 Å². The van der Waals surface area contributed by atoms with E-state index in [1.165, 1.54) is 0 Å². The molecule has 0 aliphatic carbocycles.